The summed E-state index contributed by atoms with van der Waals surface area (Å²) in [7, 11) is 10.2. The Balaban J connectivity index is 1.66. The van der Waals surface area contributed by atoms with E-state index >= 15 is 0 Å². The van der Waals surface area contributed by atoms with Gasteiger partial charge < -0.3 is 52.1 Å². The van der Waals surface area contributed by atoms with Crippen LogP contribution in [-0.4, -0.2) is 79.9 Å². The topological polar surface area (TPSA) is 153 Å². The summed E-state index contributed by atoms with van der Waals surface area (Å²) < 4.78 is 65.2. The molecular weight excluding hydrogens is 728 g/mol. The van der Waals surface area contributed by atoms with Crippen LogP contribution in [0, 0.1) is 0 Å². The molecule has 0 unspecified atom stereocenters. The lowest BCUT2D eigenvalue weighted by atomic mass is 9.77. The summed E-state index contributed by atoms with van der Waals surface area (Å²) in [6.45, 7) is 2.60. The standard InChI is InChI=1S/C42H44O14/c1-21(43)53-32-20-28-38(50-7)34(40(51-8)35(42(45)52-9)39(28)56-36(32)24-12-17-29(48-5)31(18-24)49-6)33-27-16-15-26(47-4)19-30(27)55-37(41(33)54-22(2)44)23-10-13-25(46-3)14-11-23/h10-19,32-33,36-37,41H,20H2,1-9H3/t32-,33+,36+,37-,41+/m1/s1. The van der Waals surface area contributed by atoms with Crippen molar-refractivity contribution in [3.05, 3.63) is 94.0 Å². The highest BCUT2D eigenvalue weighted by Crippen LogP contribution is 2.57. The maximum atomic E-state index is 14.0. The van der Waals surface area contributed by atoms with E-state index in [4.69, 9.17) is 52.1 Å². The number of ether oxygens (including phenoxy) is 11. The van der Waals surface area contributed by atoms with E-state index in [9.17, 15) is 14.4 Å². The lowest BCUT2D eigenvalue weighted by molar-refractivity contribution is -0.154. The highest BCUT2D eigenvalue weighted by Gasteiger charge is 2.49. The Labute approximate surface area is 324 Å². The van der Waals surface area contributed by atoms with Gasteiger partial charge in [0, 0.05) is 48.6 Å². The Morgan fingerprint density at radius 3 is 1.86 bits per heavy atom. The van der Waals surface area contributed by atoms with Crippen molar-refractivity contribution < 1.29 is 66.5 Å². The summed E-state index contributed by atoms with van der Waals surface area (Å²) in [6, 6.07) is 17.6. The van der Waals surface area contributed by atoms with Gasteiger partial charge in [-0.3, -0.25) is 9.59 Å². The monoisotopic (exact) mass is 772 g/mol. The molecule has 0 amide bonds. The Morgan fingerprint density at radius 2 is 1.27 bits per heavy atom. The molecule has 6 rings (SSSR count). The Bertz CT molecular complexity index is 2110. The smallest absolute Gasteiger partial charge is 0.345 e. The second-order valence-corrected chi connectivity index (χ2v) is 12.9. The number of fused-ring (bicyclic) bond motifs is 2. The summed E-state index contributed by atoms with van der Waals surface area (Å²) in [5.41, 5.74) is 2.47. The first-order valence-corrected chi connectivity index (χ1v) is 17.6. The molecule has 0 aliphatic carbocycles. The van der Waals surface area contributed by atoms with Crippen molar-refractivity contribution in [2.75, 3.05) is 49.8 Å². The van der Waals surface area contributed by atoms with Gasteiger partial charge >= 0.3 is 17.9 Å². The first kappa shape index (κ1) is 39.4. The molecule has 4 aromatic rings. The molecule has 56 heavy (non-hydrogen) atoms. The third-order valence-corrected chi connectivity index (χ3v) is 9.82. The molecule has 4 aromatic carbocycles. The average molecular weight is 773 g/mol. The largest absolute Gasteiger partial charge is 0.497 e. The molecule has 0 bridgehead atoms. The molecule has 2 heterocycles. The van der Waals surface area contributed by atoms with Crippen molar-refractivity contribution in [1.29, 1.82) is 0 Å². The molecule has 0 spiro atoms. The van der Waals surface area contributed by atoms with Gasteiger partial charge in [-0.1, -0.05) is 24.3 Å². The van der Waals surface area contributed by atoms with E-state index in [0.29, 0.717) is 56.6 Å². The predicted molar refractivity (Wildman–Crippen MR) is 200 cm³/mol. The van der Waals surface area contributed by atoms with Gasteiger partial charge in [-0.15, -0.1) is 0 Å². The molecular formula is C42H44O14. The second-order valence-electron chi connectivity index (χ2n) is 12.9. The third-order valence-electron chi connectivity index (χ3n) is 9.82. The molecule has 0 N–H and O–H groups in total. The second kappa shape index (κ2) is 16.6. The van der Waals surface area contributed by atoms with Gasteiger partial charge in [0.05, 0.1) is 55.7 Å². The van der Waals surface area contributed by atoms with Crippen LogP contribution in [0.15, 0.2) is 60.7 Å². The molecule has 5 atom stereocenters. The van der Waals surface area contributed by atoms with Crippen LogP contribution < -0.4 is 37.9 Å². The summed E-state index contributed by atoms with van der Waals surface area (Å²) in [5, 5.41) is 0. The van der Waals surface area contributed by atoms with Crippen LogP contribution in [0.1, 0.15) is 70.1 Å². The number of carbonyl (C=O) groups excluding carboxylic acids is 3. The molecule has 0 aromatic heterocycles. The summed E-state index contributed by atoms with van der Waals surface area (Å²) >= 11 is 0. The minimum Gasteiger partial charge on any atom is -0.497 e. The fourth-order valence-electron chi connectivity index (χ4n) is 7.48. The lowest BCUT2D eigenvalue weighted by Crippen LogP contribution is -2.39. The normalized spacial score (nSPS) is 19.4. The molecule has 0 saturated carbocycles. The highest BCUT2D eigenvalue weighted by molar-refractivity contribution is 5.98. The summed E-state index contributed by atoms with van der Waals surface area (Å²) in [6.07, 6.45) is -3.76. The van der Waals surface area contributed by atoms with Gasteiger partial charge in [0.15, 0.2) is 29.8 Å². The minimum absolute atomic E-state index is 0.0247. The maximum Gasteiger partial charge on any atom is 0.345 e. The van der Waals surface area contributed by atoms with Crippen molar-refractivity contribution in [2.24, 2.45) is 0 Å². The van der Waals surface area contributed by atoms with E-state index in [2.05, 4.69) is 0 Å². The van der Waals surface area contributed by atoms with E-state index < -0.39 is 48.2 Å². The van der Waals surface area contributed by atoms with Gasteiger partial charge in [0.2, 0.25) is 0 Å². The van der Waals surface area contributed by atoms with Crippen molar-refractivity contribution in [3.8, 4) is 46.0 Å². The van der Waals surface area contributed by atoms with Gasteiger partial charge in [-0.2, -0.15) is 0 Å². The SMILES string of the molecule is COC(=O)c1c2c(c(OC)c([C@@H]3c4ccc(OC)cc4O[C@H](c4ccc(OC)cc4)[C@H]3OC(C)=O)c1OC)C[C@@H](OC(C)=O)[C@H](c1ccc(OC)c(OC)c1)O2. The van der Waals surface area contributed by atoms with E-state index in [1.54, 1.807) is 55.6 Å². The zero-order valence-corrected chi connectivity index (χ0v) is 32.6. The molecule has 0 fully saturated rings. The minimum atomic E-state index is -1.05. The fourth-order valence-corrected chi connectivity index (χ4v) is 7.48. The van der Waals surface area contributed by atoms with Crippen molar-refractivity contribution in [3.63, 3.8) is 0 Å². The van der Waals surface area contributed by atoms with Gasteiger partial charge in [0.1, 0.15) is 46.2 Å². The predicted octanol–water partition coefficient (Wildman–Crippen LogP) is 6.33. The lowest BCUT2D eigenvalue weighted by Gasteiger charge is -2.41. The zero-order valence-electron chi connectivity index (χ0n) is 32.6. The van der Waals surface area contributed by atoms with Crippen molar-refractivity contribution in [2.45, 2.75) is 50.6 Å². The number of carbonyl (C=O) groups is 3. The fraction of sp³-hybridized carbons (Fsp3) is 0.357. The molecule has 2 aliphatic heterocycles. The van der Waals surface area contributed by atoms with Crippen molar-refractivity contribution in [1.82, 2.24) is 0 Å². The highest BCUT2D eigenvalue weighted by atomic mass is 16.6. The van der Waals surface area contributed by atoms with Crippen LogP contribution in [-0.2, 0) is 30.2 Å². The number of rotatable bonds is 12. The quantitative estimate of drug-likeness (QED) is 0.116. The molecule has 0 radical (unpaired) electrons. The Hall–Kier alpha value is -6.31. The molecule has 14 heteroatoms. The Kier molecular flexibility index (Phi) is 11.7. The van der Waals surface area contributed by atoms with Gasteiger partial charge in [-0.05, 0) is 35.9 Å². The van der Waals surface area contributed by atoms with E-state index in [1.165, 1.54) is 56.5 Å². The maximum absolute atomic E-state index is 14.0. The molecule has 0 saturated heterocycles. The van der Waals surface area contributed by atoms with Crippen LogP contribution in [0.2, 0.25) is 0 Å². The molecule has 2 aliphatic rings. The number of hydrogen-bond acceptors (Lipinski definition) is 14. The summed E-state index contributed by atoms with van der Waals surface area (Å²) in [4.78, 5) is 39.7. The first-order valence-electron chi connectivity index (χ1n) is 17.6. The van der Waals surface area contributed by atoms with Gasteiger partial charge in [0.25, 0.3) is 0 Å². The van der Waals surface area contributed by atoms with Crippen LogP contribution in [0.5, 0.6) is 46.0 Å². The van der Waals surface area contributed by atoms with Crippen molar-refractivity contribution >= 4 is 17.9 Å². The van der Waals surface area contributed by atoms with E-state index in [0.717, 1.165) is 0 Å². The number of esters is 3. The van der Waals surface area contributed by atoms with E-state index in [-0.39, 0.29) is 29.2 Å². The average Bonchev–Trinajstić information content (AvgIpc) is 3.21. The van der Waals surface area contributed by atoms with Crippen LogP contribution in [0.3, 0.4) is 0 Å². The zero-order chi connectivity index (χ0) is 40.3. The first-order chi connectivity index (χ1) is 27.0. The number of methoxy groups -OCH3 is 7. The van der Waals surface area contributed by atoms with E-state index in [1.807, 2.05) is 12.1 Å². The molecule has 14 nitrogen and oxygen atoms in total. The summed E-state index contributed by atoms with van der Waals surface area (Å²) in [5.74, 6) is 0.000954. The number of benzene rings is 4. The van der Waals surface area contributed by atoms with Crippen LogP contribution >= 0.6 is 0 Å². The van der Waals surface area contributed by atoms with Crippen LogP contribution in [0.25, 0.3) is 0 Å². The van der Waals surface area contributed by atoms with Crippen LogP contribution in [0.4, 0.5) is 0 Å². The molecule has 296 valence electrons. The number of hydrogen-bond donors (Lipinski definition) is 0. The Morgan fingerprint density at radius 1 is 0.625 bits per heavy atom. The third kappa shape index (κ3) is 7.26. The van der Waals surface area contributed by atoms with Gasteiger partial charge in [-0.25, -0.2) is 4.79 Å².